The van der Waals surface area contributed by atoms with Gasteiger partial charge in [0, 0.05) is 16.5 Å². The minimum atomic E-state index is -0.435. The second-order valence-electron chi connectivity index (χ2n) is 3.96. The Morgan fingerprint density at radius 1 is 1.16 bits per heavy atom. The third-order valence-corrected chi connectivity index (χ3v) is 3.07. The number of hydrogen-bond acceptors (Lipinski definition) is 2. The van der Waals surface area contributed by atoms with E-state index in [-0.39, 0.29) is 24.6 Å². The molecule has 0 aromatic heterocycles. The molecule has 0 amide bonds. The maximum absolute atomic E-state index is 13.4. The number of halogens is 2. The van der Waals surface area contributed by atoms with Crippen molar-refractivity contribution >= 4 is 21.7 Å². The molecule has 98 valence electrons. The minimum Gasteiger partial charge on any atom is -0.490 e. The Labute approximate surface area is 119 Å². The smallest absolute Gasteiger partial charge is 0.166 e. The summed E-state index contributed by atoms with van der Waals surface area (Å²) >= 11 is 3.24. The van der Waals surface area contributed by atoms with Gasteiger partial charge in [-0.15, -0.1) is 0 Å². The number of benzene rings is 2. The zero-order valence-electron chi connectivity index (χ0n) is 10.1. The van der Waals surface area contributed by atoms with Crippen molar-refractivity contribution < 1.29 is 13.9 Å². The number of Topliss-reactive ketones (excluding diaryl/α,β-unsaturated/α-hetero) is 1. The van der Waals surface area contributed by atoms with E-state index in [1.807, 2.05) is 18.2 Å². The highest BCUT2D eigenvalue weighted by atomic mass is 79.9. The van der Waals surface area contributed by atoms with Crippen molar-refractivity contribution in [2.24, 2.45) is 0 Å². The first-order valence-electron chi connectivity index (χ1n) is 5.83. The summed E-state index contributed by atoms with van der Waals surface area (Å²) in [5.74, 6) is -0.304. The minimum absolute atomic E-state index is 0.0176. The first-order chi connectivity index (χ1) is 9.16. The highest BCUT2D eigenvalue weighted by Crippen LogP contribution is 2.22. The van der Waals surface area contributed by atoms with Gasteiger partial charge in [0.2, 0.25) is 0 Å². The molecule has 2 aromatic rings. The molecule has 0 N–H and O–H groups in total. The molecule has 0 radical (unpaired) electrons. The van der Waals surface area contributed by atoms with Crippen LogP contribution in [0.1, 0.15) is 16.8 Å². The van der Waals surface area contributed by atoms with Crippen LogP contribution < -0.4 is 4.74 Å². The van der Waals surface area contributed by atoms with Gasteiger partial charge in [-0.25, -0.2) is 4.39 Å². The number of carbonyl (C=O) groups excluding carboxylic acids is 1. The van der Waals surface area contributed by atoms with Gasteiger partial charge >= 0.3 is 0 Å². The summed E-state index contributed by atoms with van der Waals surface area (Å²) in [6.07, 6.45) is 0.218. The summed E-state index contributed by atoms with van der Waals surface area (Å²) in [5.41, 5.74) is 0.640. The Kier molecular flexibility index (Phi) is 4.68. The molecule has 0 aliphatic heterocycles. The SMILES string of the molecule is O=C(CCOc1cc(Br)ccc1F)c1ccccc1. The number of ketones is 1. The predicted molar refractivity (Wildman–Crippen MR) is 75.0 cm³/mol. The fourth-order valence-electron chi connectivity index (χ4n) is 1.61. The largest absolute Gasteiger partial charge is 0.490 e. The average molecular weight is 323 g/mol. The Morgan fingerprint density at radius 2 is 1.89 bits per heavy atom. The van der Waals surface area contributed by atoms with E-state index in [2.05, 4.69) is 15.9 Å². The first-order valence-corrected chi connectivity index (χ1v) is 6.62. The number of rotatable bonds is 5. The summed E-state index contributed by atoms with van der Waals surface area (Å²) < 4.78 is 19.4. The molecular weight excluding hydrogens is 311 g/mol. The van der Waals surface area contributed by atoms with E-state index in [4.69, 9.17) is 4.74 Å². The topological polar surface area (TPSA) is 26.3 Å². The molecule has 0 heterocycles. The molecule has 0 fully saturated rings. The molecule has 0 unspecified atom stereocenters. The van der Waals surface area contributed by atoms with Gasteiger partial charge in [-0.05, 0) is 18.2 Å². The summed E-state index contributed by atoms with van der Waals surface area (Å²) in [6, 6.07) is 13.4. The fourth-order valence-corrected chi connectivity index (χ4v) is 1.95. The van der Waals surface area contributed by atoms with E-state index in [1.54, 1.807) is 24.3 Å². The lowest BCUT2D eigenvalue weighted by Gasteiger charge is -2.07. The van der Waals surface area contributed by atoms with Crippen molar-refractivity contribution in [3.8, 4) is 5.75 Å². The quantitative estimate of drug-likeness (QED) is 0.769. The molecule has 0 aliphatic carbocycles. The second-order valence-corrected chi connectivity index (χ2v) is 4.88. The van der Waals surface area contributed by atoms with Crippen molar-refractivity contribution in [3.05, 3.63) is 64.4 Å². The van der Waals surface area contributed by atoms with Crippen LogP contribution in [0.15, 0.2) is 53.0 Å². The van der Waals surface area contributed by atoms with E-state index in [0.29, 0.717) is 5.56 Å². The molecule has 0 bridgehead atoms. The number of ether oxygens (including phenoxy) is 1. The third kappa shape index (κ3) is 3.89. The standard InChI is InChI=1S/C15H12BrFO2/c16-12-6-7-13(17)15(10-12)19-9-8-14(18)11-4-2-1-3-5-11/h1-7,10H,8-9H2. The van der Waals surface area contributed by atoms with E-state index >= 15 is 0 Å². The van der Waals surface area contributed by atoms with Crippen LogP contribution in [0, 0.1) is 5.82 Å². The van der Waals surface area contributed by atoms with E-state index in [9.17, 15) is 9.18 Å². The van der Waals surface area contributed by atoms with Gasteiger partial charge in [-0.1, -0.05) is 46.3 Å². The fraction of sp³-hybridized carbons (Fsp3) is 0.133. The van der Waals surface area contributed by atoms with Crippen LogP contribution in [0.4, 0.5) is 4.39 Å². The molecule has 2 rings (SSSR count). The summed E-state index contributed by atoms with van der Waals surface area (Å²) in [4.78, 5) is 11.8. The summed E-state index contributed by atoms with van der Waals surface area (Å²) in [5, 5.41) is 0. The molecule has 4 heteroatoms. The molecule has 0 aliphatic rings. The molecule has 2 nitrogen and oxygen atoms in total. The van der Waals surface area contributed by atoms with Gasteiger partial charge in [-0.3, -0.25) is 4.79 Å². The lowest BCUT2D eigenvalue weighted by Crippen LogP contribution is -2.07. The average Bonchev–Trinajstić information content (AvgIpc) is 2.43. The number of carbonyl (C=O) groups is 1. The normalized spacial score (nSPS) is 10.2. The van der Waals surface area contributed by atoms with Crippen LogP contribution in [0.2, 0.25) is 0 Å². The van der Waals surface area contributed by atoms with Crippen LogP contribution in [-0.2, 0) is 0 Å². The van der Waals surface area contributed by atoms with Gasteiger partial charge in [0.05, 0.1) is 6.61 Å². The maximum atomic E-state index is 13.4. The van der Waals surface area contributed by atoms with Crippen molar-refractivity contribution in [2.75, 3.05) is 6.61 Å². The zero-order valence-corrected chi connectivity index (χ0v) is 11.7. The van der Waals surface area contributed by atoms with E-state index < -0.39 is 5.82 Å². The second kappa shape index (κ2) is 6.48. The Bertz CT molecular complexity index is 570. The van der Waals surface area contributed by atoms with Crippen LogP contribution in [-0.4, -0.2) is 12.4 Å². The summed E-state index contributed by atoms with van der Waals surface area (Å²) in [7, 11) is 0. The van der Waals surface area contributed by atoms with Crippen LogP contribution in [0.3, 0.4) is 0 Å². The first kappa shape index (κ1) is 13.7. The van der Waals surface area contributed by atoms with Crippen molar-refractivity contribution in [3.63, 3.8) is 0 Å². The predicted octanol–water partition coefficient (Wildman–Crippen LogP) is 4.24. The monoisotopic (exact) mass is 322 g/mol. The Hall–Kier alpha value is -1.68. The molecule has 0 saturated carbocycles. The lowest BCUT2D eigenvalue weighted by molar-refractivity contribution is 0.0961. The van der Waals surface area contributed by atoms with Crippen LogP contribution in [0.25, 0.3) is 0 Å². The molecule has 0 saturated heterocycles. The molecule has 0 atom stereocenters. The van der Waals surface area contributed by atoms with Gasteiger partial charge in [-0.2, -0.15) is 0 Å². The van der Waals surface area contributed by atoms with Gasteiger partial charge < -0.3 is 4.74 Å². The van der Waals surface area contributed by atoms with Crippen molar-refractivity contribution in [2.45, 2.75) is 6.42 Å². The molecular formula is C15H12BrFO2. The Morgan fingerprint density at radius 3 is 2.63 bits per heavy atom. The Balaban J connectivity index is 1.90. The lowest BCUT2D eigenvalue weighted by atomic mass is 10.1. The molecule has 19 heavy (non-hydrogen) atoms. The van der Waals surface area contributed by atoms with Crippen molar-refractivity contribution in [1.82, 2.24) is 0 Å². The zero-order chi connectivity index (χ0) is 13.7. The van der Waals surface area contributed by atoms with Crippen LogP contribution in [0.5, 0.6) is 5.75 Å². The molecule has 0 spiro atoms. The van der Waals surface area contributed by atoms with Crippen molar-refractivity contribution in [1.29, 1.82) is 0 Å². The van der Waals surface area contributed by atoms with E-state index in [1.165, 1.54) is 6.07 Å². The maximum Gasteiger partial charge on any atom is 0.166 e. The van der Waals surface area contributed by atoms with Crippen LogP contribution >= 0.6 is 15.9 Å². The third-order valence-electron chi connectivity index (χ3n) is 2.58. The number of hydrogen-bond donors (Lipinski definition) is 0. The van der Waals surface area contributed by atoms with Gasteiger partial charge in [0.1, 0.15) is 0 Å². The highest BCUT2D eigenvalue weighted by Gasteiger charge is 2.07. The van der Waals surface area contributed by atoms with E-state index in [0.717, 1.165) is 4.47 Å². The highest BCUT2D eigenvalue weighted by molar-refractivity contribution is 9.10. The summed E-state index contributed by atoms with van der Waals surface area (Å²) in [6.45, 7) is 0.154. The van der Waals surface area contributed by atoms with Gasteiger partial charge in [0.25, 0.3) is 0 Å². The van der Waals surface area contributed by atoms with Gasteiger partial charge in [0.15, 0.2) is 17.3 Å². The molecule has 2 aromatic carbocycles.